The lowest BCUT2D eigenvalue weighted by Crippen LogP contribution is -2.19. The fraction of sp³-hybridized carbons (Fsp3) is 0.786. The van der Waals surface area contributed by atoms with Crippen LogP contribution in [-0.4, -0.2) is 5.78 Å². The van der Waals surface area contributed by atoms with Gasteiger partial charge in [0.05, 0.1) is 0 Å². The van der Waals surface area contributed by atoms with Crippen molar-refractivity contribution in [1.29, 1.82) is 0 Å². The minimum atomic E-state index is 0.244. The highest BCUT2D eigenvalue weighted by Crippen LogP contribution is 2.33. The Morgan fingerprint density at radius 1 is 1.27 bits per heavy atom. The van der Waals surface area contributed by atoms with Crippen molar-refractivity contribution >= 4 is 5.78 Å². The fourth-order valence-electron chi connectivity index (χ4n) is 2.17. The first-order chi connectivity index (χ1) is 7.05. The van der Waals surface area contributed by atoms with E-state index in [1.165, 1.54) is 25.7 Å². The van der Waals surface area contributed by atoms with Gasteiger partial charge in [-0.25, -0.2) is 0 Å². The van der Waals surface area contributed by atoms with Crippen LogP contribution >= 0.6 is 0 Å². The minimum absolute atomic E-state index is 0.244. The first-order valence-corrected chi connectivity index (χ1v) is 6.30. The lowest BCUT2D eigenvalue weighted by molar-refractivity contribution is -0.116. The van der Waals surface area contributed by atoms with Crippen molar-refractivity contribution in [3.05, 3.63) is 11.6 Å². The van der Waals surface area contributed by atoms with E-state index in [4.69, 9.17) is 0 Å². The summed E-state index contributed by atoms with van der Waals surface area (Å²) in [5.74, 6) is 0.394. The van der Waals surface area contributed by atoms with Gasteiger partial charge in [0.2, 0.25) is 0 Å². The highest BCUT2D eigenvalue weighted by Gasteiger charge is 2.25. The molecule has 0 spiro atoms. The molecule has 15 heavy (non-hydrogen) atoms. The predicted octanol–water partition coefficient (Wildman–Crippen LogP) is 4.27. The highest BCUT2D eigenvalue weighted by atomic mass is 16.1. The molecule has 0 heterocycles. The SMILES string of the molecule is CCCCCCC1=CC(C)(C)CCC1=O. The zero-order valence-corrected chi connectivity index (χ0v) is 10.4. The van der Waals surface area contributed by atoms with Crippen molar-refractivity contribution in [3.8, 4) is 0 Å². The third-order valence-electron chi connectivity index (χ3n) is 3.22. The predicted molar refractivity (Wildman–Crippen MR) is 64.9 cm³/mol. The van der Waals surface area contributed by atoms with Crippen LogP contribution in [0.2, 0.25) is 0 Å². The average Bonchev–Trinajstić information content (AvgIpc) is 2.18. The van der Waals surface area contributed by atoms with Crippen LogP contribution in [0.3, 0.4) is 0 Å². The van der Waals surface area contributed by atoms with Crippen molar-refractivity contribution in [2.45, 2.75) is 65.7 Å². The first-order valence-electron chi connectivity index (χ1n) is 6.30. The molecule has 86 valence electrons. The van der Waals surface area contributed by atoms with Gasteiger partial charge in [0.1, 0.15) is 0 Å². The number of rotatable bonds is 5. The van der Waals surface area contributed by atoms with E-state index in [1.54, 1.807) is 0 Å². The minimum Gasteiger partial charge on any atom is -0.295 e. The summed E-state index contributed by atoms with van der Waals surface area (Å²) in [7, 11) is 0. The monoisotopic (exact) mass is 208 g/mol. The molecule has 0 saturated carbocycles. The van der Waals surface area contributed by atoms with E-state index in [9.17, 15) is 4.79 Å². The molecule has 1 heteroatoms. The van der Waals surface area contributed by atoms with Gasteiger partial charge in [0, 0.05) is 6.42 Å². The summed E-state index contributed by atoms with van der Waals surface area (Å²) in [6.07, 6.45) is 10.00. The van der Waals surface area contributed by atoms with Crippen LogP contribution < -0.4 is 0 Å². The summed E-state index contributed by atoms with van der Waals surface area (Å²) in [4.78, 5) is 11.7. The lowest BCUT2D eigenvalue weighted by atomic mass is 9.78. The zero-order chi connectivity index (χ0) is 11.3. The van der Waals surface area contributed by atoms with Crippen molar-refractivity contribution in [2.24, 2.45) is 5.41 Å². The molecule has 1 aliphatic carbocycles. The molecular formula is C14H24O. The standard InChI is InChI=1S/C14H24O/c1-4-5-6-7-8-12-11-14(2,3)10-9-13(12)15/h11H,4-10H2,1-3H3. The normalized spacial score (nSPS) is 20.2. The number of unbranched alkanes of at least 4 members (excludes halogenated alkanes) is 3. The van der Waals surface area contributed by atoms with E-state index in [2.05, 4.69) is 26.8 Å². The number of Topliss-reactive ketones (excluding diaryl/α,β-unsaturated/α-hetero) is 1. The average molecular weight is 208 g/mol. The van der Waals surface area contributed by atoms with E-state index < -0.39 is 0 Å². The first kappa shape index (κ1) is 12.5. The Hall–Kier alpha value is -0.590. The summed E-state index contributed by atoms with van der Waals surface area (Å²) in [6.45, 7) is 6.67. The molecule has 0 radical (unpaired) electrons. The molecule has 0 unspecified atom stereocenters. The Morgan fingerprint density at radius 3 is 2.67 bits per heavy atom. The molecular weight excluding hydrogens is 184 g/mol. The molecule has 0 amide bonds. The zero-order valence-electron chi connectivity index (χ0n) is 10.4. The Bertz CT molecular complexity index is 248. The van der Waals surface area contributed by atoms with Crippen molar-refractivity contribution < 1.29 is 4.79 Å². The maximum atomic E-state index is 11.7. The van der Waals surface area contributed by atoms with Gasteiger partial charge in [-0.1, -0.05) is 46.1 Å². The fourth-order valence-corrected chi connectivity index (χ4v) is 2.17. The summed E-state index contributed by atoms with van der Waals surface area (Å²) in [5.41, 5.74) is 1.34. The number of hydrogen-bond acceptors (Lipinski definition) is 1. The van der Waals surface area contributed by atoms with Crippen LogP contribution in [0.25, 0.3) is 0 Å². The van der Waals surface area contributed by atoms with Crippen molar-refractivity contribution in [3.63, 3.8) is 0 Å². The van der Waals surface area contributed by atoms with Crippen molar-refractivity contribution in [1.82, 2.24) is 0 Å². The van der Waals surface area contributed by atoms with Gasteiger partial charge in [0.25, 0.3) is 0 Å². The van der Waals surface area contributed by atoms with Gasteiger partial charge >= 0.3 is 0 Å². The van der Waals surface area contributed by atoms with E-state index in [0.717, 1.165) is 24.8 Å². The Labute approximate surface area is 93.9 Å². The maximum absolute atomic E-state index is 11.7. The van der Waals surface area contributed by atoms with Crippen LogP contribution in [-0.2, 0) is 4.79 Å². The van der Waals surface area contributed by atoms with E-state index in [-0.39, 0.29) is 5.41 Å². The molecule has 0 atom stereocenters. The number of carbonyl (C=O) groups excluding carboxylic acids is 1. The summed E-state index contributed by atoms with van der Waals surface area (Å²) < 4.78 is 0. The second kappa shape index (κ2) is 5.48. The molecule has 0 bridgehead atoms. The molecule has 0 aromatic rings. The van der Waals surface area contributed by atoms with E-state index in [0.29, 0.717) is 5.78 Å². The second-order valence-corrected chi connectivity index (χ2v) is 5.39. The lowest BCUT2D eigenvalue weighted by Gasteiger charge is -2.26. The van der Waals surface area contributed by atoms with Gasteiger partial charge in [-0.15, -0.1) is 0 Å². The summed E-state index contributed by atoms with van der Waals surface area (Å²) >= 11 is 0. The quantitative estimate of drug-likeness (QED) is 0.616. The second-order valence-electron chi connectivity index (χ2n) is 5.39. The Morgan fingerprint density at radius 2 is 2.00 bits per heavy atom. The van der Waals surface area contributed by atoms with Crippen molar-refractivity contribution in [2.75, 3.05) is 0 Å². The largest absolute Gasteiger partial charge is 0.295 e. The van der Waals surface area contributed by atoms with Gasteiger partial charge in [0.15, 0.2) is 5.78 Å². The van der Waals surface area contributed by atoms with E-state index in [1.807, 2.05) is 0 Å². The molecule has 0 saturated heterocycles. The van der Waals surface area contributed by atoms with Gasteiger partial charge in [-0.2, -0.15) is 0 Å². The van der Waals surface area contributed by atoms with Gasteiger partial charge in [-0.05, 0) is 30.3 Å². The maximum Gasteiger partial charge on any atom is 0.158 e. The molecule has 0 aliphatic heterocycles. The van der Waals surface area contributed by atoms with Gasteiger partial charge in [-0.3, -0.25) is 4.79 Å². The Balaban J connectivity index is 2.44. The topological polar surface area (TPSA) is 17.1 Å². The summed E-state index contributed by atoms with van der Waals surface area (Å²) in [5, 5.41) is 0. The van der Waals surface area contributed by atoms with Crippen LogP contribution in [0.1, 0.15) is 65.7 Å². The van der Waals surface area contributed by atoms with Crippen LogP contribution in [0.15, 0.2) is 11.6 Å². The van der Waals surface area contributed by atoms with Gasteiger partial charge < -0.3 is 0 Å². The molecule has 0 aromatic carbocycles. The molecule has 1 aliphatic rings. The number of hydrogen-bond donors (Lipinski definition) is 0. The van der Waals surface area contributed by atoms with E-state index >= 15 is 0 Å². The summed E-state index contributed by atoms with van der Waals surface area (Å²) in [6, 6.07) is 0. The number of allylic oxidation sites excluding steroid dienone is 2. The molecule has 1 nitrogen and oxygen atoms in total. The third-order valence-corrected chi connectivity index (χ3v) is 3.22. The van der Waals surface area contributed by atoms with Crippen LogP contribution in [0.4, 0.5) is 0 Å². The third kappa shape index (κ3) is 4.19. The Kier molecular flexibility index (Phi) is 4.56. The van der Waals surface area contributed by atoms with Crippen LogP contribution in [0.5, 0.6) is 0 Å². The highest BCUT2D eigenvalue weighted by molar-refractivity contribution is 5.96. The van der Waals surface area contributed by atoms with Crippen LogP contribution in [0, 0.1) is 5.41 Å². The molecule has 0 fully saturated rings. The molecule has 0 aromatic heterocycles. The molecule has 0 N–H and O–H groups in total. The smallest absolute Gasteiger partial charge is 0.158 e. The number of carbonyl (C=O) groups is 1. The number of ketones is 1. The molecule has 1 rings (SSSR count).